The van der Waals surface area contributed by atoms with Gasteiger partial charge >= 0.3 is 5.97 Å². The molecule has 0 aliphatic heterocycles. The summed E-state index contributed by atoms with van der Waals surface area (Å²) in [5.41, 5.74) is 26.8. The van der Waals surface area contributed by atoms with Crippen molar-refractivity contribution in [2.75, 3.05) is 19.7 Å². The van der Waals surface area contributed by atoms with Gasteiger partial charge in [0.1, 0.15) is 30.2 Å². The van der Waals surface area contributed by atoms with Gasteiger partial charge < -0.3 is 65.3 Å². The van der Waals surface area contributed by atoms with E-state index in [1.165, 1.54) is 6.92 Å². The number of nitrogens with two attached hydrogens (primary N) is 5. The largest absolute Gasteiger partial charge is 0.480 e. The Hall–Kier alpha value is -4.23. The number of aliphatic imine (C=N–C) groups is 2. The van der Waals surface area contributed by atoms with Gasteiger partial charge in [0.15, 0.2) is 11.9 Å². The number of carboxylic acids is 1. The lowest BCUT2D eigenvalue weighted by molar-refractivity contribution is -0.142. The molecule has 0 spiro atoms. The zero-order valence-corrected chi connectivity index (χ0v) is 25.4. The van der Waals surface area contributed by atoms with Gasteiger partial charge in [-0.25, -0.2) is 4.79 Å². The smallest absolute Gasteiger partial charge is 0.326 e. The highest BCUT2D eigenvalue weighted by molar-refractivity contribution is 5.95. The predicted octanol–water partition coefficient (Wildman–Crippen LogP) is -5.14. The predicted molar refractivity (Wildman–Crippen MR) is 161 cm³/mol. The van der Waals surface area contributed by atoms with E-state index in [2.05, 4.69) is 31.3 Å². The maximum absolute atomic E-state index is 13.4. The summed E-state index contributed by atoms with van der Waals surface area (Å²) in [5.74, 6) is -5.18. The molecule has 19 heteroatoms. The van der Waals surface area contributed by atoms with E-state index < -0.39 is 72.5 Å². The molecule has 0 aromatic rings. The van der Waals surface area contributed by atoms with E-state index in [-0.39, 0.29) is 63.0 Å². The highest BCUT2D eigenvalue weighted by atomic mass is 16.4. The number of carbonyl (C=O) groups excluding carboxylic acids is 4. The minimum absolute atomic E-state index is 0.0106. The summed E-state index contributed by atoms with van der Waals surface area (Å²) < 4.78 is 0. The van der Waals surface area contributed by atoms with Crippen molar-refractivity contribution in [3.05, 3.63) is 0 Å². The molecule has 252 valence electrons. The number of hydrogen-bond donors (Lipinski definition) is 12. The second-order valence-electron chi connectivity index (χ2n) is 10.6. The van der Waals surface area contributed by atoms with Crippen molar-refractivity contribution in [3.63, 3.8) is 0 Å². The first kappa shape index (κ1) is 39.8. The van der Waals surface area contributed by atoms with Crippen molar-refractivity contribution in [2.45, 2.75) is 89.2 Å². The molecule has 0 unspecified atom stereocenters. The van der Waals surface area contributed by atoms with E-state index in [1.807, 2.05) is 0 Å². The molecule has 0 fully saturated rings. The van der Waals surface area contributed by atoms with Crippen molar-refractivity contribution in [2.24, 2.45) is 44.6 Å². The lowest BCUT2D eigenvalue weighted by atomic mass is 10.0. The summed E-state index contributed by atoms with van der Waals surface area (Å²) in [6, 6.07) is -6.67. The molecule has 0 aromatic heterocycles. The van der Waals surface area contributed by atoms with Crippen molar-refractivity contribution >= 4 is 41.5 Å². The topological polar surface area (TPSA) is 349 Å². The Kier molecular flexibility index (Phi) is 18.7. The Bertz CT molecular complexity index is 1010. The number of aliphatic hydroxyl groups is 2. The molecule has 0 aliphatic carbocycles. The summed E-state index contributed by atoms with van der Waals surface area (Å²) in [6.07, 6.45) is -0.668. The van der Waals surface area contributed by atoms with Gasteiger partial charge in [-0.3, -0.25) is 29.2 Å². The Morgan fingerprint density at radius 1 is 0.682 bits per heavy atom. The number of amides is 4. The molecule has 44 heavy (non-hydrogen) atoms. The molecule has 0 saturated carbocycles. The third kappa shape index (κ3) is 16.4. The highest BCUT2D eigenvalue weighted by Gasteiger charge is 2.32. The average Bonchev–Trinajstić information content (AvgIpc) is 2.92. The number of carboxylic acid groups (broad SMARTS) is 1. The maximum atomic E-state index is 13.4. The molecule has 0 rings (SSSR count). The second-order valence-corrected chi connectivity index (χ2v) is 10.6. The number of carbonyl (C=O) groups is 5. The Balaban J connectivity index is 5.85. The molecule has 0 radical (unpaired) electrons. The van der Waals surface area contributed by atoms with Crippen LogP contribution < -0.4 is 49.9 Å². The van der Waals surface area contributed by atoms with Crippen molar-refractivity contribution in [1.82, 2.24) is 21.3 Å². The second kappa shape index (κ2) is 20.6. The number of aliphatic carboxylic acids is 1. The highest BCUT2D eigenvalue weighted by Crippen LogP contribution is 2.09. The molecule has 0 aromatic carbocycles. The fourth-order valence-corrected chi connectivity index (χ4v) is 3.73. The van der Waals surface area contributed by atoms with Crippen molar-refractivity contribution in [3.8, 4) is 0 Å². The average molecular weight is 632 g/mol. The van der Waals surface area contributed by atoms with Gasteiger partial charge in [0.2, 0.25) is 23.6 Å². The normalized spacial score (nSPS) is 15.0. The van der Waals surface area contributed by atoms with E-state index >= 15 is 0 Å². The van der Waals surface area contributed by atoms with Crippen LogP contribution in [0.3, 0.4) is 0 Å². The van der Waals surface area contributed by atoms with Crippen LogP contribution in [0.1, 0.15) is 52.9 Å². The minimum atomic E-state index is -1.52. The molecule has 17 N–H and O–H groups in total. The number of guanidine groups is 2. The third-order valence-corrected chi connectivity index (χ3v) is 6.12. The van der Waals surface area contributed by atoms with Crippen LogP contribution in [0.4, 0.5) is 0 Å². The molecule has 0 saturated heterocycles. The quantitative estimate of drug-likeness (QED) is 0.0321. The fourth-order valence-electron chi connectivity index (χ4n) is 3.73. The summed E-state index contributed by atoms with van der Waals surface area (Å²) in [4.78, 5) is 71.1. The van der Waals surface area contributed by atoms with Crippen LogP contribution in [-0.4, -0.2) is 113 Å². The van der Waals surface area contributed by atoms with Gasteiger partial charge in [-0.15, -0.1) is 0 Å². The zero-order valence-electron chi connectivity index (χ0n) is 25.4. The van der Waals surface area contributed by atoms with Gasteiger partial charge in [-0.1, -0.05) is 13.8 Å². The van der Waals surface area contributed by atoms with Crippen LogP contribution >= 0.6 is 0 Å². The van der Waals surface area contributed by atoms with Crippen molar-refractivity contribution < 1.29 is 39.3 Å². The third-order valence-electron chi connectivity index (χ3n) is 6.12. The Morgan fingerprint density at radius 3 is 1.52 bits per heavy atom. The van der Waals surface area contributed by atoms with Gasteiger partial charge in [-0.2, -0.15) is 0 Å². The molecule has 0 heterocycles. The summed E-state index contributed by atoms with van der Waals surface area (Å²) >= 11 is 0. The molecule has 0 aliphatic rings. The van der Waals surface area contributed by atoms with E-state index in [9.17, 15) is 39.3 Å². The van der Waals surface area contributed by atoms with Crippen LogP contribution in [-0.2, 0) is 24.0 Å². The minimum Gasteiger partial charge on any atom is -0.480 e. The number of rotatable bonds is 21. The van der Waals surface area contributed by atoms with Gasteiger partial charge in [0.05, 0.1) is 12.7 Å². The fraction of sp³-hybridized carbons (Fsp3) is 0.720. The molecule has 0 bridgehead atoms. The van der Waals surface area contributed by atoms with Gasteiger partial charge in [0, 0.05) is 13.1 Å². The van der Waals surface area contributed by atoms with Crippen LogP contribution in [0.2, 0.25) is 0 Å². The van der Waals surface area contributed by atoms with Crippen LogP contribution in [0.25, 0.3) is 0 Å². The van der Waals surface area contributed by atoms with Crippen LogP contribution in [0, 0.1) is 5.92 Å². The van der Waals surface area contributed by atoms with E-state index in [1.54, 1.807) is 13.8 Å². The van der Waals surface area contributed by atoms with E-state index in [0.717, 1.165) is 0 Å². The SMILES string of the molecule is CC(C)C[C@H](NC(=O)[C@H](CCCN=C(N)N)NC(=O)[C@H](CO)NC(=O)[C@@H](N)[C@@H](C)O)C(=O)N[C@@H](CCCN=C(N)N)C(=O)O. The first-order valence-corrected chi connectivity index (χ1v) is 14.1. The molecule has 19 nitrogen and oxygen atoms in total. The maximum Gasteiger partial charge on any atom is 0.326 e. The van der Waals surface area contributed by atoms with E-state index in [4.69, 9.17) is 28.7 Å². The lowest BCUT2D eigenvalue weighted by Crippen LogP contribution is -2.60. The summed E-state index contributed by atoms with van der Waals surface area (Å²) in [6.45, 7) is 4.24. The first-order chi connectivity index (χ1) is 20.5. The molecular weight excluding hydrogens is 582 g/mol. The number of hydrogen-bond acceptors (Lipinski definition) is 10. The first-order valence-electron chi connectivity index (χ1n) is 14.1. The Labute approximate surface area is 255 Å². The molecule has 4 amide bonds. The van der Waals surface area contributed by atoms with Gasteiger partial charge in [-0.05, 0) is 44.9 Å². The van der Waals surface area contributed by atoms with Crippen molar-refractivity contribution in [1.29, 1.82) is 0 Å². The monoisotopic (exact) mass is 631 g/mol. The van der Waals surface area contributed by atoms with Crippen LogP contribution in [0.5, 0.6) is 0 Å². The number of nitrogens with one attached hydrogen (secondary N) is 4. The lowest BCUT2D eigenvalue weighted by Gasteiger charge is -2.27. The summed E-state index contributed by atoms with van der Waals surface area (Å²) in [5, 5.41) is 38.4. The number of aliphatic hydroxyl groups excluding tert-OH is 2. The summed E-state index contributed by atoms with van der Waals surface area (Å²) in [7, 11) is 0. The molecular formula is C25H49N11O8. The van der Waals surface area contributed by atoms with E-state index in [0.29, 0.717) is 0 Å². The van der Waals surface area contributed by atoms with Crippen LogP contribution in [0.15, 0.2) is 9.98 Å². The van der Waals surface area contributed by atoms with Gasteiger partial charge in [0.25, 0.3) is 0 Å². The molecule has 6 atom stereocenters. The Morgan fingerprint density at radius 2 is 1.09 bits per heavy atom. The zero-order chi connectivity index (χ0) is 34.0. The standard InChI is InChI=1S/C25H49N11O8/c1-12(2)10-16(20(40)34-15(23(43)44)7-5-9-32-25(29)30)35-19(39)14(6-4-8-31-24(27)28)33-21(41)17(11-37)36-22(42)18(26)13(3)38/h12-18,37-38H,4-11,26H2,1-3H3,(H,33,41)(H,34,40)(H,35,39)(H,36,42)(H,43,44)(H4,27,28,31)(H4,29,30,32)/t13-,14+,15+,16+,17+,18+/m1/s1. The number of nitrogens with zero attached hydrogens (tertiary/aromatic N) is 2.